The Bertz CT molecular complexity index is 876. The van der Waals surface area contributed by atoms with Crippen LogP contribution in [0.25, 0.3) is 0 Å². The Balaban J connectivity index is 1.76. The van der Waals surface area contributed by atoms with E-state index in [9.17, 15) is 0 Å². The fourth-order valence-corrected chi connectivity index (χ4v) is 4.49. The SMILES string of the molecule is CN(C)c1ccc(N2C(=S)N[C@H](c3ccccn3)[C@@H]2c2cccs2)cc1. The van der Waals surface area contributed by atoms with Gasteiger partial charge in [0.25, 0.3) is 0 Å². The van der Waals surface area contributed by atoms with Crippen molar-refractivity contribution >= 4 is 40.0 Å². The molecule has 2 aromatic heterocycles. The maximum Gasteiger partial charge on any atom is 0.174 e. The Kier molecular flexibility index (Phi) is 4.61. The zero-order valence-corrected chi connectivity index (χ0v) is 16.3. The van der Waals surface area contributed by atoms with E-state index in [0.29, 0.717) is 0 Å². The van der Waals surface area contributed by atoms with Gasteiger partial charge in [-0.25, -0.2) is 0 Å². The lowest BCUT2D eigenvalue weighted by Gasteiger charge is -2.27. The number of aromatic nitrogens is 1. The van der Waals surface area contributed by atoms with Gasteiger partial charge >= 0.3 is 0 Å². The molecule has 0 unspecified atom stereocenters. The zero-order chi connectivity index (χ0) is 18.1. The quantitative estimate of drug-likeness (QED) is 0.679. The van der Waals surface area contributed by atoms with Crippen molar-refractivity contribution in [1.29, 1.82) is 0 Å². The van der Waals surface area contributed by atoms with E-state index in [1.807, 2.05) is 32.4 Å². The molecule has 2 atom stereocenters. The number of thiocarbonyl (C=S) groups is 1. The lowest BCUT2D eigenvalue weighted by atomic mass is 10.0. The van der Waals surface area contributed by atoms with Gasteiger partial charge < -0.3 is 15.1 Å². The van der Waals surface area contributed by atoms with E-state index in [4.69, 9.17) is 12.2 Å². The van der Waals surface area contributed by atoms with Gasteiger partial charge in [0, 0.05) is 36.5 Å². The van der Waals surface area contributed by atoms with Crippen LogP contribution >= 0.6 is 23.6 Å². The van der Waals surface area contributed by atoms with Gasteiger partial charge in [0.15, 0.2) is 5.11 Å². The molecule has 6 heteroatoms. The summed E-state index contributed by atoms with van der Waals surface area (Å²) < 4.78 is 0. The number of nitrogens with zero attached hydrogens (tertiary/aromatic N) is 3. The van der Waals surface area contributed by atoms with Crippen molar-refractivity contribution in [3.63, 3.8) is 0 Å². The highest BCUT2D eigenvalue weighted by molar-refractivity contribution is 7.80. The second-order valence-corrected chi connectivity index (χ2v) is 7.79. The molecule has 4 rings (SSSR count). The Morgan fingerprint density at radius 3 is 2.50 bits per heavy atom. The first-order valence-electron chi connectivity index (χ1n) is 8.46. The molecule has 26 heavy (non-hydrogen) atoms. The van der Waals surface area contributed by atoms with Crippen molar-refractivity contribution < 1.29 is 0 Å². The summed E-state index contributed by atoms with van der Waals surface area (Å²) in [5.41, 5.74) is 3.26. The molecule has 4 nitrogen and oxygen atoms in total. The standard InChI is InChI=1S/C20H20N4S2/c1-23(2)14-8-10-15(11-9-14)24-19(17-7-5-13-26-17)18(22-20(24)25)16-6-3-4-12-21-16/h3-13,18-19H,1-2H3,(H,22,25)/t18-,19+/m1/s1. The highest BCUT2D eigenvalue weighted by atomic mass is 32.1. The average Bonchev–Trinajstić information content (AvgIpc) is 3.30. The van der Waals surface area contributed by atoms with Crippen LogP contribution in [0.5, 0.6) is 0 Å². The van der Waals surface area contributed by atoms with Crippen LogP contribution in [0.4, 0.5) is 11.4 Å². The Hall–Kier alpha value is -2.44. The van der Waals surface area contributed by atoms with Crippen LogP contribution in [-0.4, -0.2) is 24.2 Å². The second-order valence-electron chi connectivity index (χ2n) is 6.42. The molecule has 0 amide bonds. The Morgan fingerprint density at radius 1 is 1.08 bits per heavy atom. The van der Waals surface area contributed by atoms with Crippen molar-refractivity contribution in [3.8, 4) is 0 Å². The van der Waals surface area contributed by atoms with Crippen molar-refractivity contribution in [2.75, 3.05) is 23.9 Å². The van der Waals surface area contributed by atoms with E-state index in [1.54, 1.807) is 11.3 Å². The third-order valence-corrected chi connectivity index (χ3v) is 5.83. The first-order chi connectivity index (χ1) is 12.6. The summed E-state index contributed by atoms with van der Waals surface area (Å²) >= 11 is 7.47. The molecular formula is C20H20N4S2. The summed E-state index contributed by atoms with van der Waals surface area (Å²) in [5.74, 6) is 0. The van der Waals surface area contributed by atoms with Gasteiger partial charge in [0.2, 0.25) is 0 Å². The van der Waals surface area contributed by atoms with E-state index in [2.05, 4.69) is 67.9 Å². The van der Waals surface area contributed by atoms with Gasteiger partial charge in [-0.2, -0.15) is 0 Å². The molecular weight excluding hydrogens is 360 g/mol. The first kappa shape index (κ1) is 17.0. The number of benzene rings is 1. The normalized spacial score (nSPS) is 19.5. The fraction of sp³-hybridized carbons (Fsp3) is 0.200. The lowest BCUT2D eigenvalue weighted by molar-refractivity contribution is 0.575. The van der Waals surface area contributed by atoms with Gasteiger partial charge in [0.1, 0.15) is 0 Å². The van der Waals surface area contributed by atoms with Gasteiger partial charge in [0.05, 0.1) is 17.8 Å². The molecule has 1 saturated heterocycles. The highest BCUT2D eigenvalue weighted by Gasteiger charge is 2.41. The zero-order valence-electron chi connectivity index (χ0n) is 14.7. The molecule has 0 radical (unpaired) electrons. The number of thiophene rings is 1. The molecule has 1 aliphatic rings. The van der Waals surface area contributed by atoms with Crippen LogP contribution in [0.3, 0.4) is 0 Å². The summed E-state index contributed by atoms with van der Waals surface area (Å²) in [7, 11) is 4.09. The van der Waals surface area contributed by atoms with E-state index in [1.165, 1.54) is 10.6 Å². The summed E-state index contributed by atoms with van der Waals surface area (Å²) in [5, 5.41) is 6.33. The predicted molar refractivity (Wildman–Crippen MR) is 113 cm³/mol. The van der Waals surface area contributed by atoms with Crippen LogP contribution in [-0.2, 0) is 0 Å². The van der Waals surface area contributed by atoms with E-state index >= 15 is 0 Å². The highest BCUT2D eigenvalue weighted by Crippen LogP contribution is 2.43. The van der Waals surface area contributed by atoms with Crippen molar-refractivity contribution in [3.05, 3.63) is 76.7 Å². The van der Waals surface area contributed by atoms with Crippen LogP contribution < -0.4 is 15.1 Å². The Labute approximate surface area is 163 Å². The van der Waals surface area contributed by atoms with Crippen LogP contribution in [0, 0.1) is 0 Å². The topological polar surface area (TPSA) is 31.4 Å². The van der Waals surface area contributed by atoms with Gasteiger partial charge in [-0.15, -0.1) is 11.3 Å². The smallest absolute Gasteiger partial charge is 0.174 e. The van der Waals surface area contributed by atoms with Crippen molar-refractivity contribution in [1.82, 2.24) is 10.3 Å². The van der Waals surface area contributed by atoms with E-state index < -0.39 is 0 Å². The van der Waals surface area contributed by atoms with Gasteiger partial charge in [-0.05, 0) is 60.1 Å². The maximum absolute atomic E-state index is 5.72. The summed E-state index contributed by atoms with van der Waals surface area (Å²) in [6.45, 7) is 0. The Morgan fingerprint density at radius 2 is 1.88 bits per heavy atom. The molecule has 0 bridgehead atoms. The molecule has 1 aliphatic heterocycles. The van der Waals surface area contributed by atoms with Crippen LogP contribution in [0.15, 0.2) is 66.2 Å². The predicted octanol–water partition coefficient (Wildman–Crippen LogP) is 4.39. The second kappa shape index (κ2) is 7.05. The monoisotopic (exact) mass is 380 g/mol. The average molecular weight is 381 g/mol. The third kappa shape index (κ3) is 3.06. The molecule has 3 heterocycles. The molecule has 3 aromatic rings. The maximum atomic E-state index is 5.72. The van der Waals surface area contributed by atoms with Gasteiger partial charge in [-0.1, -0.05) is 12.1 Å². The molecule has 0 spiro atoms. The number of rotatable bonds is 4. The van der Waals surface area contributed by atoms with Crippen LogP contribution in [0.1, 0.15) is 22.7 Å². The minimum absolute atomic E-state index is 0.0240. The number of pyridine rings is 1. The number of hydrogen-bond donors (Lipinski definition) is 1. The number of nitrogens with one attached hydrogen (secondary N) is 1. The first-order valence-corrected chi connectivity index (χ1v) is 9.75. The molecule has 132 valence electrons. The minimum atomic E-state index is 0.0240. The van der Waals surface area contributed by atoms with Crippen LogP contribution in [0.2, 0.25) is 0 Å². The molecule has 0 saturated carbocycles. The third-order valence-electron chi connectivity index (χ3n) is 4.58. The van der Waals surface area contributed by atoms with Crippen molar-refractivity contribution in [2.45, 2.75) is 12.1 Å². The lowest BCUT2D eigenvalue weighted by Crippen LogP contribution is -2.29. The number of hydrogen-bond acceptors (Lipinski definition) is 4. The van der Waals surface area contributed by atoms with Crippen molar-refractivity contribution in [2.24, 2.45) is 0 Å². The molecule has 0 aliphatic carbocycles. The minimum Gasteiger partial charge on any atom is -0.378 e. The number of anilines is 2. The molecule has 1 aromatic carbocycles. The summed E-state index contributed by atoms with van der Waals surface area (Å²) in [6.07, 6.45) is 1.83. The summed E-state index contributed by atoms with van der Waals surface area (Å²) in [6, 6.07) is 18.9. The fourth-order valence-electron chi connectivity index (χ4n) is 3.29. The van der Waals surface area contributed by atoms with Gasteiger partial charge in [-0.3, -0.25) is 4.98 Å². The summed E-state index contributed by atoms with van der Waals surface area (Å²) in [4.78, 5) is 10.1. The van der Waals surface area contributed by atoms with E-state index in [-0.39, 0.29) is 12.1 Å². The van der Waals surface area contributed by atoms with E-state index in [0.717, 1.165) is 16.5 Å². The largest absolute Gasteiger partial charge is 0.378 e. The molecule has 1 fully saturated rings. The molecule has 1 N–H and O–H groups in total.